The molecule has 0 unspecified atom stereocenters. The van der Waals surface area contributed by atoms with Gasteiger partial charge in [0.1, 0.15) is 5.78 Å². The molecule has 0 aromatic rings. The first-order valence-electron chi connectivity index (χ1n) is 6.09. The smallest absolute Gasteiger partial charge is 0.320 e. The summed E-state index contributed by atoms with van der Waals surface area (Å²) in [5.74, 6) is -2.43. The van der Waals surface area contributed by atoms with Crippen LogP contribution >= 0.6 is 0 Å². The summed E-state index contributed by atoms with van der Waals surface area (Å²) in [5, 5.41) is 0. The number of ketones is 1. The van der Waals surface area contributed by atoms with E-state index in [1.165, 1.54) is 6.92 Å². The summed E-state index contributed by atoms with van der Waals surface area (Å²) >= 11 is 0. The van der Waals surface area contributed by atoms with E-state index in [0.717, 1.165) is 0 Å². The zero-order chi connectivity index (χ0) is 14.3. The van der Waals surface area contributed by atoms with Gasteiger partial charge >= 0.3 is 11.9 Å². The van der Waals surface area contributed by atoms with E-state index in [1.54, 1.807) is 27.7 Å². The molecule has 0 saturated heterocycles. The van der Waals surface area contributed by atoms with Gasteiger partial charge < -0.3 is 14.3 Å². The highest BCUT2D eigenvalue weighted by molar-refractivity contribution is 5.96. The molecule has 0 spiro atoms. The maximum atomic E-state index is 11.9. The van der Waals surface area contributed by atoms with Gasteiger partial charge in [-0.2, -0.15) is 0 Å². The second-order valence-corrected chi connectivity index (χ2v) is 4.80. The van der Waals surface area contributed by atoms with Crippen LogP contribution in [-0.2, 0) is 23.9 Å². The Bertz CT molecular complexity index is 301. The van der Waals surface area contributed by atoms with E-state index in [2.05, 4.69) is 0 Å². The van der Waals surface area contributed by atoms with Gasteiger partial charge in [-0.15, -0.1) is 0 Å². The SMILES string of the molecule is CCOC(=O)C(C(=O)OCC)C(C)(C)CC(C)=O. The minimum absolute atomic E-state index is 0.0846. The Morgan fingerprint density at radius 3 is 1.67 bits per heavy atom. The Kier molecular flexibility index (Phi) is 6.58. The van der Waals surface area contributed by atoms with Gasteiger partial charge in [0.05, 0.1) is 13.2 Å². The Hall–Kier alpha value is -1.39. The van der Waals surface area contributed by atoms with Crippen molar-refractivity contribution in [1.29, 1.82) is 0 Å². The van der Waals surface area contributed by atoms with E-state index in [-0.39, 0.29) is 25.4 Å². The van der Waals surface area contributed by atoms with Gasteiger partial charge in [0, 0.05) is 6.42 Å². The topological polar surface area (TPSA) is 69.7 Å². The quantitative estimate of drug-likeness (QED) is 0.514. The maximum absolute atomic E-state index is 11.9. The van der Waals surface area contributed by atoms with Crippen molar-refractivity contribution >= 4 is 17.7 Å². The van der Waals surface area contributed by atoms with Crippen molar-refractivity contribution in [3.63, 3.8) is 0 Å². The Balaban J connectivity index is 5.12. The summed E-state index contributed by atoms with van der Waals surface area (Å²) in [6.07, 6.45) is 0.120. The fourth-order valence-corrected chi connectivity index (χ4v) is 1.93. The highest BCUT2D eigenvalue weighted by atomic mass is 16.6. The van der Waals surface area contributed by atoms with Crippen molar-refractivity contribution < 1.29 is 23.9 Å². The van der Waals surface area contributed by atoms with Crippen LogP contribution < -0.4 is 0 Å². The summed E-state index contributed by atoms with van der Waals surface area (Å²) < 4.78 is 9.78. The zero-order valence-electron chi connectivity index (χ0n) is 11.7. The molecule has 0 fully saturated rings. The normalized spacial score (nSPS) is 11.2. The standard InChI is InChI=1S/C13H22O5/c1-6-17-11(15)10(12(16)18-7-2)13(4,5)8-9(3)14/h10H,6-8H2,1-5H3. The number of hydrogen-bond donors (Lipinski definition) is 0. The summed E-state index contributed by atoms with van der Waals surface area (Å²) in [4.78, 5) is 34.9. The lowest BCUT2D eigenvalue weighted by molar-refractivity contribution is -0.167. The van der Waals surface area contributed by atoms with Crippen LogP contribution in [0.4, 0.5) is 0 Å². The number of hydrogen-bond acceptors (Lipinski definition) is 5. The molecule has 0 aromatic carbocycles. The average molecular weight is 258 g/mol. The molecular weight excluding hydrogens is 236 g/mol. The van der Waals surface area contributed by atoms with E-state index < -0.39 is 23.3 Å². The van der Waals surface area contributed by atoms with Gasteiger partial charge in [-0.25, -0.2) is 0 Å². The van der Waals surface area contributed by atoms with E-state index in [9.17, 15) is 14.4 Å². The molecule has 0 aromatic heterocycles. The summed E-state index contributed by atoms with van der Waals surface area (Å²) in [5.41, 5.74) is -0.815. The van der Waals surface area contributed by atoms with E-state index >= 15 is 0 Å². The van der Waals surface area contributed by atoms with Crippen LogP contribution in [0, 0.1) is 11.3 Å². The third-order valence-electron chi connectivity index (χ3n) is 2.53. The largest absolute Gasteiger partial charge is 0.465 e. The molecule has 0 atom stereocenters. The fourth-order valence-electron chi connectivity index (χ4n) is 1.93. The van der Waals surface area contributed by atoms with Gasteiger partial charge in [-0.1, -0.05) is 13.8 Å². The Morgan fingerprint density at radius 2 is 1.39 bits per heavy atom. The van der Waals surface area contributed by atoms with Crippen molar-refractivity contribution in [2.45, 2.75) is 41.0 Å². The monoisotopic (exact) mass is 258 g/mol. The summed E-state index contributed by atoms with van der Waals surface area (Å²) in [6, 6.07) is 0. The average Bonchev–Trinajstić information content (AvgIpc) is 2.15. The summed E-state index contributed by atoms with van der Waals surface area (Å²) in [7, 11) is 0. The molecule has 5 heteroatoms. The van der Waals surface area contributed by atoms with Crippen molar-refractivity contribution in [3.8, 4) is 0 Å². The van der Waals surface area contributed by atoms with Crippen LogP contribution in [0.5, 0.6) is 0 Å². The molecule has 0 rings (SSSR count). The fraction of sp³-hybridized carbons (Fsp3) is 0.769. The number of rotatable bonds is 7. The molecule has 0 aliphatic heterocycles. The number of esters is 2. The molecular formula is C13H22O5. The number of carbonyl (C=O) groups excluding carboxylic acids is 3. The molecule has 0 N–H and O–H groups in total. The third-order valence-corrected chi connectivity index (χ3v) is 2.53. The molecule has 0 heterocycles. The molecule has 0 saturated carbocycles. The van der Waals surface area contributed by atoms with Gasteiger partial charge in [0.15, 0.2) is 5.92 Å². The minimum atomic E-state index is -1.07. The maximum Gasteiger partial charge on any atom is 0.320 e. The molecule has 5 nitrogen and oxygen atoms in total. The van der Waals surface area contributed by atoms with Crippen molar-refractivity contribution in [2.24, 2.45) is 11.3 Å². The zero-order valence-corrected chi connectivity index (χ0v) is 11.7. The van der Waals surface area contributed by atoms with Crippen LogP contribution in [0.25, 0.3) is 0 Å². The van der Waals surface area contributed by atoms with E-state index in [1.807, 2.05) is 0 Å². The molecule has 0 aliphatic carbocycles. The lowest BCUT2D eigenvalue weighted by atomic mass is 9.75. The lowest BCUT2D eigenvalue weighted by Crippen LogP contribution is -2.40. The lowest BCUT2D eigenvalue weighted by Gasteiger charge is -2.29. The third kappa shape index (κ3) is 4.85. The van der Waals surface area contributed by atoms with Crippen LogP contribution in [0.1, 0.15) is 41.0 Å². The van der Waals surface area contributed by atoms with Crippen LogP contribution in [0.2, 0.25) is 0 Å². The van der Waals surface area contributed by atoms with Crippen molar-refractivity contribution in [1.82, 2.24) is 0 Å². The van der Waals surface area contributed by atoms with Gasteiger partial charge in [-0.05, 0) is 26.2 Å². The van der Waals surface area contributed by atoms with Crippen molar-refractivity contribution in [2.75, 3.05) is 13.2 Å². The molecule has 0 amide bonds. The van der Waals surface area contributed by atoms with Gasteiger partial charge in [0.25, 0.3) is 0 Å². The van der Waals surface area contributed by atoms with Gasteiger partial charge in [0.2, 0.25) is 0 Å². The summed E-state index contributed by atoms with van der Waals surface area (Å²) in [6.45, 7) is 8.50. The molecule has 0 aliphatic rings. The molecule has 18 heavy (non-hydrogen) atoms. The predicted molar refractivity (Wildman–Crippen MR) is 65.8 cm³/mol. The predicted octanol–water partition coefficient (Wildman–Crippen LogP) is 1.73. The van der Waals surface area contributed by atoms with E-state index in [4.69, 9.17) is 9.47 Å². The number of Topliss-reactive ketones (excluding diaryl/α,β-unsaturated/α-hetero) is 1. The molecule has 104 valence electrons. The van der Waals surface area contributed by atoms with Crippen LogP contribution in [0.3, 0.4) is 0 Å². The highest BCUT2D eigenvalue weighted by Gasteiger charge is 2.43. The van der Waals surface area contributed by atoms with E-state index in [0.29, 0.717) is 0 Å². The van der Waals surface area contributed by atoms with Crippen LogP contribution in [0.15, 0.2) is 0 Å². The molecule has 0 bridgehead atoms. The minimum Gasteiger partial charge on any atom is -0.465 e. The second-order valence-electron chi connectivity index (χ2n) is 4.80. The highest BCUT2D eigenvalue weighted by Crippen LogP contribution is 2.33. The molecule has 0 radical (unpaired) electrons. The first-order chi connectivity index (χ1) is 8.26. The van der Waals surface area contributed by atoms with Crippen molar-refractivity contribution in [3.05, 3.63) is 0 Å². The number of carbonyl (C=O) groups is 3. The first kappa shape index (κ1) is 16.6. The Morgan fingerprint density at radius 1 is 1.00 bits per heavy atom. The van der Waals surface area contributed by atoms with Gasteiger partial charge in [-0.3, -0.25) is 9.59 Å². The van der Waals surface area contributed by atoms with Crippen LogP contribution in [-0.4, -0.2) is 30.9 Å². The first-order valence-corrected chi connectivity index (χ1v) is 6.09. The second kappa shape index (κ2) is 7.13. The number of ether oxygens (including phenoxy) is 2. The Labute approximate surface area is 108 Å².